The number of rotatable bonds is 4. The van der Waals surface area contributed by atoms with Gasteiger partial charge in [0.25, 0.3) is 0 Å². The zero-order valence-electron chi connectivity index (χ0n) is 14.9. The molecule has 0 N–H and O–H groups in total. The van der Waals surface area contributed by atoms with Crippen LogP contribution in [-0.4, -0.2) is 59.9 Å². The Balaban J connectivity index is 1.51. The van der Waals surface area contributed by atoms with Crippen molar-refractivity contribution in [1.82, 2.24) is 20.0 Å². The van der Waals surface area contributed by atoms with Gasteiger partial charge in [-0.15, -0.1) is 0 Å². The molecule has 7 heteroatoms. The van der Waals surface area contributed by atoms with E-state index in [1.54, 1.807) is 6.20 Å². The van der Waals surface area contributed by atoms with E-state index in [0.29, 0.717) is 11.9 Å². The lowest BCUT2D eigenvalue weighted by atomic mass is 10.1. The molecule has 2 aromatic heterocycles. The van der Waals surface area contributed by atoms with Gasteiger partial charge in [0.1, 0.15) is 5.82 Å². The van der Waals surface area contributed by atoms with Crippen LogP contribution in [0.15, 0.2) is 22.9 Å². The summed E-state index contributed by atoms with van der Waals surface area (Å²) in [6, 6.07) is 4.76. The monoisotopic (exact) mass is 343 g/mol. The second kappa shape index (κ2) is 7.09. The molecule has 4 rings (SSSR count). The first-order valence-electron chi connectivity index (χ1n) is 9.03. The predicted molar refractivity (Wildman–Crippen MR) is 94.4 cm³/mol. The Morgan fingerprint density at radius 1 is 1.16 bits per heavy atom. The molecule has 0 aliphatic carbocycles. The summed E-state index contributed by atoms with van der Waals surface area (Å²) in [6.45, 7) is 2.81. The highest BCUT2D eigenvalue weighted by molar-refractivity contribution is 5.55. The molecular formula is C18H25N5O2. The highest BCUT2D eigenvalue weighted by Gasteiger charge is 2.36. The van der Waals surface area contributed by atoms with Gasteiger partial charge in [0.15, 0.2) is 0 Å². The molecule has 2 aliphatic rings. The maximum atomic E-state index is 5.63. The van der Waals surface area contributed by atoms with Gasteiger partial charge in [-0.25, -0.2) is 4.98 Å². The summed E-state index contributed by atoms with van der Waals surface area (Å²) >= 11 is 0. The van der Waals surface area contributed by atoms with E-state index in [1.165, 1.54) is 6.42 Å². The molecule has 25 heavy (non-hydrogen) atoms. The predicted octanol–water partition coefficient (Wildman–Crippen LogP) is 2.51. The van der Waals surface area contributed by atoms with Crippen molar-refractivity contribution >= 4 is 5.82 Å². The Labute approximate surface area is 148 Å². The van der Waals surface area contributed by atoms with Crippen LogP contribution in [0, 0.1) is 0 Å². The van der Waals surface area contributed by atoms with Gasteiger partial charge in [0.2, 0.25) is 11.7 Å². The van der Waals surface area contributed by atoms with Gasteiger partial charge in [0, 0.05) is 45.1 Å². The van der Waals surface area contributed by atoms with Crippen LogP contribution in [0.5, 0.6) is 0 Å². The quantitative estimate of drug-likeness (QED) is 0.845. The molecule has 2 aromatic rings. The molecule has 0 unspecified atom stereocenters. The standard InChI is InChI=1S/C18H25N5O2/c1-22(2)16-6-5-13(12-19-16)17-20-18(25-21-17)15-4-3-9-23(15)14-7-10-24-11-8-14/h5-6,12,14-15H,3-4,7-11H2,1-2H3/t15-/m0/s1. The average Bonchev–Trinajstić information content (AvgIpc) is 3.32. The normalized spacial score (nSPS) is 22.4. The smallest absolute Gasteiger partial charge is 0.244 e. The molecule has 0 aromatic carbocycles. The maximum absolute atomic E-state index is 5.63. The molecule has 2 fully saturated rings. The third-order valence-electron chi connectivity index (χ3n) is 5.15. The van der Waals surface area contributed by atoms with Crippen LogP contribution < -0.4 is 4.90 Å². The SMILES string of the molecule is CN(C)c1ccc(-c2noc([C@@H]3CCCN3C3CCOCC3)n2)cn1. The van der Waals surface area contributed by atoms with Crippen molar-refractivity contribution in [3.05, 3.63) is 24.2 Å². The topological polar surface area (TPSA) is 67.5 Å². The Morgan fingerprint density at radius 2 is 2.00 bits per heavy atom. The van der Waals surface area contributed by atoms with Crippen LogP contribution >= 0.6 is 0 Å². The largest absolute Gasteiger partial charge is 0.381 e. The van der Waals surface area contributed by atoms with Crippen LogP contribution in [0.1, 0.15) is 37.6 Å². The van der Waals surface area contributed by atoms with Crippen molar-refractivity contribution in [3.63, 3.8) is 0 Å². The summed E-state index contributed by atoms with van der Waals surface area (Å²) in [7, 11) is 3.94. The van der Waals surface area contributed by atoms with Gasteiger partial charge in [0.05, 0.1) is 6.04 Å². The lowest BCUT2D eigenvalue weighted by Gasteiger charge is -2.33. The Kier molecular flexibility index (Phi) is 4.67. The van der Waals surface area contributed by atoms with Gasteiger partial charge in [-0.05, 0) is 44.4 Å². The third-order valence-corrected chi connectivity index (χ3v) is 5.15. The summed E-state index contributed by atoms with van der Waals surface area (Å²) in [6.07, 6.45) is 6.24. The Bertz CT molecular complexity index is 694. The van der Waals surface area contributed by atoms with Crippen molar-refractivity contribution in [2.24, 2.45) is 0 Å². The van der Waals surface area contributed by atoms with E-state index in [9.17, 15) is 0 Å². The van der Waals surface area contributed by atoms with Crippen molar-refractivity contribution in [1.29, 1.82) is 0 Å². The zero-order valence-corrected chi connectivity index (χ0v) is 14.9. The average molecular weight is 343 g/mol. The van der Waals surface area contributed by atoms with E-state index in [-0.39, 0.29) is 6.04 Å². The van der Waals surface area contributed by atoms with Gasteiger partial charge in [-0.3, -0.25) is 4.90 Å². The zero-order chi connectivity index (χ0) is 17.2. The van der Waals surface area contributed by atoms with E-state index in [1.807, 2.05) is 31.1 Å². The molecule has 0 saturated carbocycles. The van der Waals surface area contributed by atoms with E-state index in [2.05, 4.69) is 20.0 Å². The second-order valence-electron chi connectivity index (χ2n) is 7.00. The number of hydrogen-bond acceptors (Lipinski definition) is 7. The van der Waals surface area contributed by atoms with E-state index < -0.39 is 0 Å². The summed E-state index contributed by atoms with van der Waals surface area (Å²) in [4.78, 5) is 13.6. The second-order valence-corrected chi connectivity index (χ2v) is 7.00. The summed E-state index contributed by atoms with van der Waals surface area (Å²) in [5, 5.41) is 4.19. The fourth-order valence-corrected chi connectivity index (χ4v) is 3.78. The lowest BCUT2D eigenvalue weighted by Crippen LogP contribution is -2.39. The van der Waals surface area contributed by atoms with E-state index >= 15 is 0 Å². The summed E-state index contributed by atoms with van der Waals surface area (Å²) < 4.78 is 11.1. The highest BCUT2D eigenvalue weighted by Crippen LogP contribution is 2.35. The van der Waals surface area contributed by atoms with Crippen LogP contribution in [0.4, 0.5) is 5.82 Å². The van der Waals surface area contributed by atoms with E-state index in [4.69, 9.17) is 9.26 Å². The molecule has 1 atom stereocenters. The first kappa shape index (κ1) is 16.5. The minimum absolute atomic E-state index is 0.235. The van der Waals surface area contributed by atoms with Crippen molar-refractivity contribution in [2.45, 2.75) is 37.8 Å². The van der Waals surface area contributed by atoms with Gasteiger partial charge in [-0.1, -0.05) is 5.16 Å². The summed E-state index contributed by atoms with van der Waals surface area (Å²) in [5.41, 5.74) is 0.885. The number of aromatic nitrogens is 3. The first-order chi connectivity index (χ1) is 12.2. The van der Waals surface area contributed by atoms with Gasteiger partial charge in [-0.2, -0.15) is 4.98 Å². The minimum atomic E-state index is 0.235. The Hall–Kier alpha value is -1.99. The molecule has 2 aliphatic heterocycles. The Morgan fingerprint density at radius 3 is 2.72 bits per heavy atom. The summed E-state index contributed by atoms with van der Waals surface area (Å²) in [5.74, 6) is 2.26. The van der Waals surface area contributed by atoms with Crippen LogP contribution in [-0.2, 0) is 4.74 Å². The molecular weight excluding hydrogens is 318 g/mol. The van der Waals surface area contributed by atoms with Crippen LogP contribution in [0.25, 0.3) is 11.4 Å². The van der Waals surface area contributed by atoms with Crippen molar-refractivity contribution in [2.75, 3.05) is 38.8 Å². The van der Waals surface area contributed by atoms with E-state index in [0.717, 1.165) is 56.3 Å². The molecule has 0 spiro atoms. The molecule has 4 heterocycles. The molecule has 0 amide bonds. The fraction of sp³-hybridized carbons (Fsp3) is 0.611. The molecule has 7 nitrogen and oxygen atoms in total. The minimum Gasteiger partial charge on any atom is -0.381 e. The van der Waals surface area contributed by atoms with Gasteiger partial charge >= 0.3 is 0 Å². The number of nitrogens with zero attached hydrogens (tertiary/aromatic N) is 5. The molecule has 0 bridgehead atoms. The maximum Gasteiger partial charge on any atom is 0.244 e. The van der Waals surface area contributed by atoms with Crippen molar-refractivity contribution in [3.8, 4) is 11.4 Å². The van der Waals surface area contributed by atoms with Gasteiger partial charge < -0.3 is 14.2 Å². The number of pyridine rings is 1. The fourth-order valence-electron chi connectivity index (χ4n) is 3.78. The van der Waals surface area contributed by atoms with Crippen LogP contribution in [0.3, 0.4) is 0 Å². The number of hydrogen-bond donors (Lipinski definition) is 0. The third kappa shape index (κ3) is 3.39. The highest BCUT2D eigenvalue weighted by atomic mass is 16.5. The first-order valence-corrected chi connectivity index (χ1v) is 9.03. The number of ether oxygens (including phenoxy) is 1. The molecule has 0 radical (unpaired) electrons. The molecule has 134 valence electrons. The van der Waals surface area contributed by atoms with Crippen molar-refractivity contribution < 1.29 is 9.26 Å². The van der Waals surface area contributed by atoms with Crippen LogP contribution in [0.2, 0.25) is 0 Å². The lowest BCUT2D eigenvalue weighted by molar-refractivity contribution is 0.0243. The number of likely N-dealkylation sites (tertiary alicyclic amines) is 1. The number of anilines is 1. The molecule has 2 saturated heterocycles.